The van der Waals surface area contributed by atoms with E-state index in [0.717, 1.165) is 24.6 Å². The molecule has 0 bridgehead atoms. The molecule has 0 radical (unpaired) electrons. The SMILES string of the molecule is CCNCc1ccc(NC(C)(C)C)nc1C. The number of aromatic nitrogens is 1. The largest absolute Gasteiger partial charge is 0.365 e. The topological polar surface area (TPSA) is 37.0 Å². The molecular weight excluding hydrogens is 198 g/mol. The van der Waals surface area contributed by atoms with Gasteiger partial charge in [-0.2, -0.15) is 0 Å². The Morgan fingerprint density at radius 3 is 2.44 bits per heavy atom. The van der Waals surface area contributed by atoms with Crippen LogP contribution in [0.4, 0.5) is 5.82 Å². The molecule has 0 aliphatic heterocycles. The highest BCUT2D eigenvalue weighted by Crippen LogP contribution is 2.14. The first kappa shape index (κ1) is 13.0. The van der Waals surface area contributed by atoms with Crippen molar-refractivity contribution in [3.05, 3.63) is 23.4 Å². The van der Waals surface area contributed by atoms with E-state index in [9.17, 15) is 0 Å². The molecule has 0 fully saturated rings. The fourth-order valence-electron chi connectivity index (χ4n) is 1.49. The van der Waals surface area contributed by atoms with Crippen LogP contribution < -0.4 is 10.6 Å². The van der Waals surface area contributed by atoms with Gasteiger partial charge in [0.05, 0.1) is 0 Å². The monoisotopic (exact) mass is 221 g/mol. The molecule has 1 aromatic rings. The Morgan fingerprint density at radius 2 is 1.94 bits per heavy atom. The summed E-state index contributed by atoms with van der Waals surface area (Å²) in [6.45, 7) is 12.5. The average Bonchev–Trinajstić information content (AvgIpc) is 2.14. The maximum Gasteiger partial charge on any atom is 0.126 e. The quantitative estimate of drug-likeness (QED) is 0.821. The van der Waals surface area contributed by atoms with Gasteiger partial charge in [0.1, 0.15) is 5.82 Å². The van der Waals surface area contributed by atoms with Crippen LogP contribution in [0.2, 0.25) is 0 Å². The molecule has 3 heteroatoms. The van der Waals surface area contributed by atoms with Crippen molar-refractivity contribution in [3.8, 4) is 0 Å². The predicted octanol–water partition coefficient (Wildman–Crippen LogP) is 2.71. The number of rotatable bonds is 4. The van der Waals surface area contributed by atoms with Gasteiger partial charge in [-0.05, 0) is 45.9 Å². The summed E-state index contributed by atoms with van der Waals surface area (Å²) in [6, 6.07) is 4.18. The molecular formula is C13H23N3. The number of nitrogens with one attached hydrogen (secondary N) is 2. The van der Waals surface area contributed by atoms with Gasteiger partial charge in [0.15, 0.2) is 0 Å². The normalized spacial score (nSPS) is 11.6. The Balaban J connectivity index is 2.74. The van der Waals surface area contributed by atoms with Crippen LogP contribution >= 0.6 is 0 Å². The van der Waals surface area contributed by atoms with Gasteiger partial charge < -0.3 is 10.6 Å². The van der Waals surface area contributed by atoms with E-state index in [-0.39, 0.29) is 5.54 Å². The lowest BCUT2D eigenvalue weighted by Crippen LogP contribution is -2.26. The summed E-state index contributed by atoms with van der Waals surface area (Å²) < 4.78 is 0. The molecule has 90 valence electrons. The van der Waals surface area contributed by atoms with Gasteiger partial charge in [0.2, 0.25) is 0 Å². The molecule has 1 aromatic heterocycles. The van der Waals surface area contributed by atoms with Crippen LogP contribution in [-0.2, 0) is 6.54 Å². The molecule has 1 heterocycles. The maximum atomic E-state index is 4.56. The number of aryl methyl sites for hydroxylation is 1. The van der Waals surface area contributed by atoms with Crippen molar-refractivity contribution >= 4 is 5.82 Å². The van der Waals surface area contributed by atoms with Crippen molar-refractivity contribution < 1.29 is 0 Å². The van der Waals surface area contributed by atoms with Gasteiger partial charge in [0, 0.05) is 17.8 Å². The van der Waals surface area contributed by atoms with Crippen LogP contribution in [0.3, 0.4) is 0 Å². The van der Waals surface area contributed by atoms with Crippen molar-refractivity contribution in [2.45, 2.75) is 46.7 Å². The number of anilines is 1. The first-order valence-electron chi connectivity index (χ1n) is 5.88. The van der Waals surface area contributed by atoms with Crippen LogP contribution in [0.5, 0.6) is 0 Å². The summed E-state index contributed by atoms with van der Waals surface area (Å²) >= 11 is 0. The molecule has 0 saturated heterocycles. The molecule has 0 aliphatic rings. The van der Waals surface area contributed by atoms with E-state index in [1.54, 1.807) is 0 Å². The van der Waals surface area contributed by atoms with Crippen LogP contribution in [-0.4, -0.2) is 17.1 Å². The summed E-state index contributed by atoms with van der Waals surface area (Å²) in [7, 11) is 0. The number of hydrogen-bond acceptors (Lipinski definition) is 3. The molecule has 16 heavy (non-hydrogen) atoms. The molecule has 3 nitrogen and oxygen atoms in total. The lowest BCUT2D eigenvalue weighted by atomic mass is 10.1. The minimum atomic E-state index is 0.0582. The fraction of sp³-hybridized carbons (Fsp3) is 0.615. The fourth-order valence-corrected chi connectivity index (χ4v) is 1.49. The summed E-state index contributed by atoms with van der Waals surface area (Å²) in [5.74, 6) is 0.949. The van der Waals surface area contributed by atoms with Crippen molar-refractivity contribution in [1.82, 2.24) is 10.3 Å². The zero-order valence-electron chi connectivity index (χ0n) is 11.0. The maximum absolute atomic E-state index is 4.56. The zero-order valence-corrected chi connectivity index (χ0v) is 11.0. The second-order valence-electron chi connectivity index (χ2n) is 5.10. The first-order chi connectivity index (χ1) is 7.42. The van der Waals surface area contributed by atoms with Gasteiger partial charge in [-0.15, -0.1) is 0 Å². The van der Waals surface area contributed by atoms with E-state index in [1.807, 2.05) is 6.07 Å². The summed E-state index contributed by atoms with van der Waals surface area (Å²) in [4.78, 5) is 4.56. The molecule has 0 unspecified atom stereocenters. The number of nitrogens with zero attached hydrogens (tertiary/aromatic N) is 1. The van der Waals surface area contributed by atoms with Gasteiger partial charge in [-0.25, -0.2) is 4.98 Å². The van der Waals surface area contributed by atoms with Crippen LogP contribution in [0, 0.1) is 6.92 Å². The molecule has 0 atom stereocenters. The van der Waals surface area contributed by atoms with Gasteiger partial charge in [-0.3, -0.25) is 0 Å². The highest BCUT2D eigenvalue weighted by atomic mass is 15.0. The van der Waals surface area contributed by atoms with Crippen molar-refractivity contribution in [1.29, 1.82) is 0 Å². The van der Waals surface area contributed by atoms with Gasteiger partial charge in [0.25, 0.3) is 0 Å². The van der Waals surface area contributed by atoms with E-state index in [2.05, 4.69) is 56.3 Å². The van der Waals surface area contributed by atoms with Crippen molar-refractivity contribution in [2.24, 2.45) is 0 Å². The minimum Gasteiger partial charge on any atom is -0.365 e. The second-order valence-corrected chi connectivity index (χ2v) is 5.10. The molecule has 0 amide bonds. The minimum absolute atomic E-state index is 0.0582. The van der Waals surface area contributed by atoms with E-state index in [4.69, 9.17) is 0 Å². The van der Waals surface area contributed by atoms with E-state index >= 15 is 0 Å². The summed E-state index contributed by atoms with van der Waals surface area (Å²) in [5, 5.41) is 6.69. The molecule has 0 aliphatic carbocycles. The number of hydrogen-bond donors (Lipinski definition) is 2. The third kappa shape index (κ3) is 4.19. The predicted molar refractivity (Wildman–Crippen MR) is 69.7 cm³/mol. The van der Waals surface area contributed by atoms with Crippen LogP contribution in [0.15, 0.2) is 12.1 Å². The smallest absolute Gasteiger partial charge is 0.126 e. The van der Waals surface area contributed by atoms with E-state index in [0.29, 0.717) is 0 Å². The highest BCUT2D eigenvalue weighted by molar-refractivity contribution is 5.40. The third-order valence-corrected chi connectivity index (χ3v) is 2.26. The van der Waals surface area contributed by atoms with E-state index in [1.165, 1.54) is 5.56 Å². The molecule has 0 aromatic carbocycles. The third-order valence-electron chi connectivity index (χ3n) is 2.26. The Bertz CT molecular complexity index is 340. The van der Waals surface area contributed by atoms with Crippen molar-refractivity contribution in [3.63, 3.8) is 0 Å². The van der Waals surface area contributed by atoms with Crippen LogP contribution in [0.25, 0.3) is 0 Å². The standard InChI is InChI=1S/C13H23N3/c1-6-14-9-11-7-8-12(15-10(11)2)16-13(3,4)5/h7-8,14H,6,9H2,1-5H3,(H,15,16). The second kappa shape index (κ2) is 5.30. The Labute approximate surface area is 98.7 Å². The molecule has 2 N–H and O–H groups in total. The zero-order chi connectivity index (χ0) is 12.2. The Kier molecular flexibility index (Phi) is 4.30. The van der Waals surface area contributed by atoms with Crippen molar-refractivity contribution in [2.75, 3.05) is 11.9 Å². The van der Waals surface area contributed by atoms with Gasteiger partial charge >= 0.3 is 0 Å². The van der Waals surface area contributed by atoms with Gasteiger partial charge in [-0.1, -0.05) is 13.0 Å². The molecule has 0 saturated carbocycles. The number of pyridine rings is 1. The lowest BCUT2D eigenvalue weighted by Gasteiger charge is -2.21. The molecule has 1 rings (SSSR count). The summed E-state index contributed by atoms with van der Waals surface area (Å²) in [6.07, 6.45) is 0. The molecule has 0 spiro atoms. The summed E-state index contributed by atoms with van der Waals surface area (Å²) in [5.41, 5.74) is 2.42. The Morgan fingerprint density at radius 1 is 1.25 bits per heavy atom. The average molecular weight is 221 g/mol. The van der Waals surface area contributed by atoms with E-state index < -0.39 is 0 Å². The first-order valence-corrected chi connectivity index (χ1v) is 5.88. The highest BCUT2D eigenvalue weighted by Gasteiger charge is 2.10. The Hall–Kier alpha value is -1.09. The van der Waals surface area contributed by atoms with Crippen LogP contribution in [0.1, 0.15) is 39.0 Å². The lowest BCUT2D eigenvalue weighted by molar-refractivity contribution is 0.629.